The predicted molar refractivity (Wildman–Crippen MR) is 97.6 cm³/mol. The van der Waals surface area contributed by atoms with Gasteiger partial charge in [0.25, 0.3) is 0 Å². The molecule has 1 N–H and O–H groups in total. The second kappa shape index (κ2) is 6.64. The summed E-state index contributed by atoms with van der Waals surface area (Å²) < 4.78 is 8.03. The van der Waals surface area contributed by atoms with E-state index in [0.29, 0.717) is 18.9 Å². The van der Waals surface area contributed by atoms with E-state index in [0.717, 1.165) is 17.7 Å². The minimum absolute atomic E-state index is 0.0517. The molecule has 2 aromatic rings. The fourth-order valence-electron chi connectivity index (χ4n) is 3.68. The molecule has 1 aliphatic heterocycles. The van der Waals surface area contributed by atoms with Crippen molar-refractivity contribution in [1.82, 2.24) is 14.9 Å². The third-order valence-corrected chi connectivity index (χ3v) is 4.91. The maximum Gasteiger partial charge on any atom is 0.224 e. The predicted octanol–water partition coefficient (Wildman–Crippen LogP) is 3.12. The minimum Gasteiger partial charge on any atom is -0.369 e. The van der Waals surface area contributed by atoms with Gasteiger partial charge in [-0.05, 0) is 51.8 Å². The largest absolute Gasteiger partial charge is 0.369 e. The van der Waals surface area contributed by atoms with Crippen LogP contribution in [0.5, 0.6) is 0 Å². The lowest BCUT2D eigenvalue weighted by molar-refractivity contribution is -0.121. The van der Waals surface area contributed by atoms with Crippen LogP contribution in [-0.2, 0) is 16.0 Å². The van der Waals surface area contributed by atoms with Crippen LogP contribution in [0.3, 0.4) is 0 Å². The zero-order chi connectivity index (χ0) is 18.1. The van der Waals surface area contributed by atoms with Crippen LogP contribution < -0.4 is 5.32 Å². The van der Waals surface area contributed by atoms with Crippen LogP contribution in [0.15, 0.2) is 43.0 Å². The van der Waals surface area contributed by atoms with Gasteiger partial charge in [-0.1, -0.05) is 12.1 Å². The summed E-state index contributed by atoms with van der Waals surface area (Å²) in [5.41, 5.74) is 1.71. The number of hydrogen-bond acceptors (Lipinski definition) is 3. The number of rotatable bonds is 5. The lowest BCUT2D eigenvalue weighted by Gasteiger charge is -2.27. The Morgan fingerprint density at radius 3 is 2.56 bits per heavy atom. The molecule has 2 heterocycles. The SMILES string of the molecule is CC1(C)CC(CNC(=O)Cc2ccc(-n3ccnc3)cc2)C(C)(C)O1. The fourth-order valence-corrected chi connectivity index (χ4v) is 3.68. The Hall–Kier alpha value is -2.14. The van der Waals surface area contributed by atoms with E-state index in [2.05, 4.69) is 38.0 Å². The second-order valence-electron chi connectivity index (χ2n) is 7.98. The highest BCUT2D eigenvalue weighted by Gasteiger charge is 2.45. The van der Waals surface area contributed by atoms with Crippen molar-refractivity contribution in [3.63, 3.8) is 0 Å². The van der Waals surface area contributed by atoms with Gasteiger partial charge in [0.2, 0.25) is 5.91 Å². The van der Waals surface area contributed by atoms with E-state index in [9.17, 15) is 4.79 Å². The van der Waals surface area contributed by atoms with Crippen molar-refractivity contribution in [3.8, 4) is 5.69 Å². The number of nitrogens with one attached hydrogen (secondary N) is 1. The Kier molecular flexibility index (Phi) is 4.69. The first-order chi connectivity index (χ1) is 11.8. The number of nitrogens with zero attached hydrogens (tertiary/aromatic N) is 2. The van der Waals surface area contributed by atoms with Crippen LogP contribution in [0, 0.1) is 5.92 Å². The van der Waals surface area contributed by atoms with Crippen LogP contribution >= 0.6 is 0 Å². The van der Waals surface area contributed by atoms with Crippen molar-refractivity contribution in [2.75, 3.05) is 6.54 Å². The number of aromatic nitrogens is 2. The van der Waals surface area contributed by atoms with Gasteiger partial charge in [0.05, 0.1) is 24.0 Å². The number of amides is 1. The van der Waals surface area contributed by atoms with Crippen molar-refractivity contribution in [2.24, 2.45) is 5.92 Å². The molecule has 1 fully saturated rings. The Balaban J connectivity index is 1.53. The fraction of sp³-hybridized carbons (Fsp3) is 0.500. The van der Waals surface area contributed by atoms with Gasteiger partial charge in [-0.15, -0.1) is 0 Å². The van der Waals surface area contributed by atoms with Crippen molar-refractivity contribution in [2.45, 2.75) is 51.7 Å². The zero-order valence-electron chi connectivity index (χ0n) is 15.5. The van der Waals surface area contributed by atoms with Crippen LogP contribution in [-0.4, -0.2) is 33.2 Å². The van der Waals surface area contributed by atoms with Gasteiger partial charge in [0, 0.05) is 30.5 Å². The standard InChI is InChI=1S/C20H27N3O2/c1-19(2)12-16(20(3,4)25-19)13-22-18(24)11-15-5-7-17(8-6-15)23-10-9-21-14-23/h5-10,14,16H,11-13H2,1-4H3,(H,22,24). The normalized spacial score (nSPS) is 21.2. The van der Waals surface area contributed by atoms with Gasteiger partial charge in [-0.25, -0.2) is 4.98 Å². The third-order valence-electron chi connectivity index (χ3n) is 4.91. The molecule has 0 aliphatic carbocycles. The molecule has 1 aromatic heterocycles. The summed E-state index contributed by atoms with van der Waals surface area (Å²) in [6.45, 7) is 9.08. The molecule has 0 saturated carbocycles. The number of imidazole rings is 1. The van der Waals surface area contributed by atoms with E-state index < -0.39 is 0 Å². The number of carbonyl (C=O) groups is 1. The lowest BCUT2D eigenvalue weighted by Crippen LogP contribution is -2.38. The first-order valence-corrected chi connectivity index (χ1v) is 8.79. The van der Waals surface area contributed by atoms with Crippen molar-refractivity contribution < 1.29 is 9.53 Å². The average molecular weight is 341 g/mol. The van der Waals surface area contributed by atoms with Crippen molar-refractivity contribution >= 4 is 5.91 Å². The number of carbonyl (C=O) groups excluding carboxylic acids is 1. The van der Waals surface area contributed by atoms with E-state index in [4.69, 9.17) is 4.74 Å². The molecule has 1 amide bonds. The maximum absolute atomic E-state index is 12.3. The monoisotopic (exact) mass is 341 g/mol. The molecule has 3 rings (SSSR count). The van der Waals surface area contributed by atoms with Gasteiger partial charge in [-0.2, -0.15) is 0 Å². The molecule has 1 aromatic carbocycles. The molecule has 134 valence electrons. The summed E-state index contributed by atoms with van der Waals surface area (Å²) in [6.07, 6.45) is 6.75. The first-order valence-electron chi connectivity index (χ1n) is 8.79. The van der Waals surface area contributed by atoms with E-state index >= 15 is 0 Å². The number of benzene rings is 1. The van der Waals surface area contributed by atoms with Crippen molar-refractivity contribution in [1.29, 1.82) is 0 Å². The number of hydrogen-bond donors (Lipinski definition) is 1. The molecule has 0 radical (unpaired) electrons. The van der Waals surface area contributed by atoms with Crippen LogP contribution in [0.1, 0.15) is 39.7 Å². The Morgan fingerprint density at radius 1 is 1.28 bits per heavy atom. The van der Waals surface area contributed by atoms with E-state index in [-0.39, 0.29) is 17.1 Å². The Bertz CT molecular complexity index is 718. The first kappa shape index (κ1) is 17.7. The summed E-state index contributed by atoms with van der Waals surface area (Å²) in [5.74, 6) is 0.381. The van der Waals surface area contributed by atoms with Gasteiger partial charge in [0.15, 0.2) is 0 Å². The van der Waals surface area contributed by atoms with Crippen LogP contribution in [0.25, 0.3) is 5.69 Å². The van der Waals surface area contributed by atoms with Gasteiger partial charge < -0.3 is 14.6 Å². The lowest BCUT2D eigenvalue weighted by atomic mass is 9.87. The molecular formula is C20H27N3O2. The molecule has 1 atom stereocenters. The molecule has 0 spiro atoms. The highest BCUT2D eigenvalue weighted by Crippen LogP contribution is 2.41. The molecule has 25 heavy (non-hydrogen) atoms. The third kappa shape index (κ3) is 4.28. The minimum atomic E-state index is -0.205. The average Bonchev–Trinajstić information content (AvgIpc) is 3.11. The van der Waals surface area contributed by atoms with E-state index in [1.807, 2.05) is 35.0 Å². The zero-order valence-corrected chi connectivity index (χ0v) is 15.5. The molecular weight excluding hydrogens is 314 g/mol. The number of ether oxygens (including phenoxy) is 1. The molecule has 0 bridgehead atoms. The van der Waals surface area contributed by atoms with Gasteiger partial charge in [0.1, 0.15) is 0 Å². The molecule has 1 saturated heterocycles. The Labute approximate surface area is 149 Å². The van der Waals surface area contributed by atoms with E-state index in [1.54, 1.807) is 12.5 Å². The van der Waals surface area contributed by atoms with Gasteiger partial charge in [-0.3, -0.25) is 4.79 Å². The summed E-state index contributed by atoms with van der Waals surface area (Å²) in [4.78, 5) is 16.3. The van der Waals surface area contributed by atoms with Crippen LogP contribution in [0.2, 0.25) is 0 Å². The summed E-state index contributed by atoms with van der Waals surface area (Å²) in [6, 6.07) is 7.97. The Morgan fingerprint density at radius 2 is 2.00 bits per heavy atom. The summed E-state index contributed by atoms with van der Waals surface area (Å²) in [5, 5.41) is 3.07. The van der Waals surface area contributed by atoms with Crippen LogP contribution in [0.4, 0.5) is 0 Å². The quantitative estimate of drug-likeness (QED) is 0.909. The molecule has 5 heteroatoms. The van der Waals surface area contributed by atoms with E-state index in [1.165, 1.54) is 0 Å². The second-order valence-corrected chi connectivity index (χ2v) is 7.98. The highest BCUT2D eigenvalue weighted by molar-refractivity contribution is 5.78. The smallest absolute Gasteiger partial charge is 0.224 e. The topological polar surface area (TPSA) is 56.2 Å². The molecule has 5 nitrogen and oxygen atoms in total. The van der Waals surface area contributed by atoms with Gasteiger partial charge >= 0.3 is 0 Å². The molecule has 1 aliphatic rings. The maximum atomic E-state index is 12.3. The summed E-state index contributed by atoms with van der Waals surface area (Å²) in [7, 11) is 0. The van der Waals surface area contributed by atoms with Crippen molar-refractivity contribution in [3.05, 3.63) is 48.5 Å². The highest BCUT2D eigenvalue weighted by atomic mass is 16.5. The summed E-state index contributed by atoms with van der Waals surface area (Å²) >= 11 is 0. The molecule has 1 unspecified atom stereocenters.